The summed E-state index contributed by atoms with van der Waals surface area (Å²) >= 11 is 3.15. The van der Waals surface area contributed by atoms with Crippen LogP contribution in [-0.2, 0) is 20.6 Å². The Kier molecular flexibility index (Phi) is 7.47. The number of fused-ring (bicyclic) bond motifs is 1. The minimum absolute atomic E-state index is 0.123. The van der Waals surface area contributed by atoms with E-state index in [0.717, 1.165) is 34.9 Å². The number of nitrogens with zero attached hydrogens (tertiary/aromatic N) is 3. The number of likely N-dealkylation sites (N-methyl/N-ethyl adjacent to an activating group) is 1. The van der Waals surface area contributed by atoms with E-state index in [1.807, 2.05) is 24.3 Å². The molecule has 1 fully saturated rings. The van der Waals surface area contributed by atoms with Crippen LogP contribution in [0.25, 0.3) is 10.2 Å². The van der Waals surface area contributed by atoms with Crippen molar-refractivity contribution < 1.29 is 13.2 Å². The van der Waals surface area contributed by atoms with E-state index in [-0.39, 0.29) is 10.8 Å². The fourth-order valence-corrected chi connectivity index (χ4v) is 6.82. The van der Waals surface area contributed by atoms with Crippen molar-refractivity contribution in [2.45, 2.75) is 17.6 Å². The van der Waals surface area contributed by atoms with Gasteiger partial charge in [0.15, 0.2) is 0 Å². The van der Waals surface area contributed by atoms with E-state index >= 15 is 0 Å². The van der Waals surface area contributed by atoms with E-state index in [0.29, 0.717) is 30.3 Å². The molecule has 0 aliphatic carbocycles. The van der Waals surface area contributed by atoms with E-state index in [2.05, 4.69) is 22.1 Å². The lowest BCUT2D eigenvalue weighted by Gasteiger charge is -2.33. The molecular formula is C22H26N4O3S3. The maximum Gasteiger partial charge on any atom is 0.243 e. The van der Waals surface area contributed by atoms with Crippen LogP contribution in [0.3, 0.4) is 0 Å². The fraction of sp³-hybridized carbons (Fsp3) is 0.364. The molecule has 1 aliphatic rings. The third-order valence-corrected chi connectivity index (χ3v) is 9.43. The molecule has 4 rings (SSSR count). The number of para-hydroxylation sites is 1. The summed E-state index contributed by atoms with van der Waals surface area (Å²) in [4.78, 5) is 19.4. The van der Waals surface area contributed by atoms with Crippen LogP contribution in [0.1, 0.15) is 11.9 Å². The van der Waals surface area contributed by atoms with Gasteiger partial charge in [-0.1, -0.05) is 19.1 Å². The number of amides is 1. The van der Waals surface area contributed by atoms with Crippen LogP contribution in [0, 0.1) is 0 Å². The van der Waals surface area contributed by atoms with Crippen molar-refractivity contribution in [1.29, 1.82) is 0 Å². The third kappa shape index (κ3) is 5.49. The highest BCUT2D eigenvalue weighted by molar-refractivity contribution is 7.99. The molecule has 1 saturated heterocycles. The van der Waals surface area contributed by atoms with Gasteiger partial charge in [0, 0.05) is 37.6 Å². The molecule has 0 bridgehead atoms. The quantitative estimate of drug-likeness (QED) is 0.521. The highest BCUT2D eigenvalue weighted by atomic mass is 32.2. The van der Waals surface area contributed by atoms with Crippen molar-refractivity contribution in [2.24, 2.45) is 0 Å². The first-order valence-electron chi connectivity index (χ1n) is 10.5. The molecule has 0 spiro atoms. The number of benzene rings is 2. The number of piperazine rings is 1. The molecule has 1 amide bonds. The number of sulfonamides is 1. The number of hydrogen-bond donors (Lipinski definition) is 1. The topological polar surface area (TPSA) is 82.6 Å². The number of aromatic nitrogens is 1. The van der Waals surface area contributed by atoms with E-state index in [9.17, 15) is 13.2 Å². The molecule has 170 valence electrons. The highest BCUT2D eigenvalue weighted by Crippen LogP contribution is 2.25. The lowest BCUT2D eigenvalue weighted by Crippen LogP contribution is -2.48. The molecule has 10 heteroatoms. The Hall–Kier alpha value is -1.98. The Morgan fingerprint density at radius 3 is 2.50 bits per heavy atom. The predicted molar refractivity (Wildman–Crippen MR) is 132 cm³/mol. The van der Waals surface area contributed by atoms with Gasteiger partial charge >= 0.3 is 0 Å². The van der Waals surface area contributed by atoms with Crippen LogP contribution in [0.5, 0.6) is 0 Å². The van der Waals surface area contributed by atoms with Crippen molar-refractivity contribution in [3.05, 3.63) is 53.5 Å². The lowest BCUT2D eigenvalue weighted by molar-refractivity contribution is -0.113. The van der Waals surface area contributed by atoms with Gasteiger partial charge < -0.3 is 10.2 Å². The van der Waals surface area contributed by atoms with Crippen molar-refractivity contribution in [3.63, 3.8) is 0 Å². The number of carbonyl (C=O) groups is 1. The number of anilines is 1. The molecule has 0 unspecified atom stereocenters. The standard InChI is InChI=1S/C22H26N4O3S3/c1-2-25-11-13-26(14-12-25)32(28,29)18-9-7-17(8-10-18)23-21(27)15-30-16-22-24-19-5-3-4-6-20(19)31-22/h3-10H,2,11-16H2,1H3,(H,23,27). The van der Waals surface area contributed by atoms with Gasteiger partial charge in [-0.25, -0.2) is 13.4 Å². The first kappa shape index (κ1) is 23.2. The van der Waals surface area contributed by atoms with Gasteiger partial charge in [0.25, 0.3) is 0 Å². The second kappa shape index (κ2) is 10.3. The van der Waals surface area contributed by atoms with E-state index in [1.165, 1.54) is 16.1 Å². The Bertz CT molecular complexity index is 1140. The van der Waals surface area contributed by atoms with Gasteiger partial charge in [-0.2, -0.15) is 4.31 Å². The van der Waals surface area contributed by atoms with Crippen molar-refractivity contribution in [3.8, 4) is 0 Å². The Balaban J connectivity index is 1.27. The molecule has 0 atom stereocenters. The smallest absolute Gasteiger partial charge is 0.243 e. The molecule has 0 radical (unpaired) electrons. The van der Waals surface area contributed by atoms with Gasteiger partial charge in [0.1, 0.15) is 5.01 Å². The van der Waals surface area contributed by atoms with Crippen molar-refractivity contribution >= 4 is 54.9 Å². The Morgan fingerprint density at radius 1 is 1.09 bits per heavy atom. The molecule has 0 saturated carbocycles. The third-order valence-electron chi connectivity index (χ3n) is 5.35. The molecule has 2 heterocycles. The molecule has 32 heavy (non-hydrogen) atoms. The SMILES string of the molecule is CCN1CCN(S(=O)(=O)c2ccc(NC(=O)CSCc3nc4ccccc4s3)cc2)CC1. The highest BCUT2D eigenvalue weighted by Gasteiger charge is 2.27. The minimum Gasteiger partial charge on any atom is -0.325 e. The van der Waals surface area contributed by atoms with Crippen molar-refractivity contribution in [2.75, 3.05) is 43.8 Å². The van der Waals surface area contributed by atoms with Gasteiger partial charge in [-0.3, -0.25) is 4.79 Å². The number of hydrogen-bond acceptors (Lipinski definition) is 7. The first-order valence-corrected chi connectivity index (χ1v) is 13.9. The lowest BCUT2D eigenvalue weighted by atomic mass is 10.3. The summed E-state index contributed by atoms with van der Waals surface area (Å²) in [6, 6.07) is 14.4. The minimum atomic E-state index is -3.51. The summed E-state index contributed by atoms with van der Waals surface area (Å²) in [7, 11) is -3.51. The maximum atomic E-state index is 12.9. The van der Waals surface area contributed by atoms with Gasteiger partial charge in [0.2, 0.25) is 15.9 Å². The van der Waals surface area contributed by atoms with E-state index < -0.39 is 10.0 Å². The monoisotopic (exact) mass is 490 g/mol. The summed E-state index contributed by atoms with van der Waals surface area (Å²) in [6.07, 6.45) is 0. The largest absolute Gasteiger partial charge is 0.325 e. The van der Waals surface area contributed by atoms with E-state index in [4.69, 9.17) is 0 Å². The van der Waals surface area contributed by atoms with Crippen LogP contribution in [-0.4, -0.2) is 67.0 Å². The van der Waals surface area contributed by atoms with Gasteiger partial charge in [-0.05, 0) is 42.9 Å². The molecule has 1 N–H and O–H groups in total. The molecule has 7 nitrogen and oxygen atoms in total. The fourth-order valence-electron chi connectivity index (χ4n) is 3.56. The molecule has 3 aromatic rings. The van der Waals surface area contributed by atoms with Crippen LogP contribution in [0.4, 0.5) is 5.69 Å². The zero-order valence-corrected chi connectivity index (χ0v) is 20.3. The summed E-state index contributed by atoms with van der Waals surface area (Å²) in [5.41, 5.74) is 1.57. The van der Waals surface area contributed by atoms with Crippen LogP contribution >= 0.6 is 23.1 Å². The average Bonchev–Trinajstić information content (AvgIpc) is 3.22. The zero-order chi connectivity index (χ0) is 22.6. The summed E-state index contributed by atoms with van der Waals surface area (Å²) in [6.45, 7) is 5.51. The Morgan fingerprint density at radius 2 is 1.81 bits per heavy atom. The Labute approximate surface area is 196 Å². The first-order chi connectivity index (χ1) is 15.5. The van der Waals surface area contributed by atoms with Crippen molar-refractivity contribution in [1.82, 2.24) is 14.2 Å². The maximum absolute atomic E-state index is 12.9. The summed E-state index contributed by atoms with van der Waals surface area (Å²) in [5, 5.41) is 3.83. The number of nitrogens with one attached hydrogen (secondary N) is 1. The second-order valence-corrected chi connectivity index (χ2v) is 11.5. The number of thiazole rings is 1. The molecule has 1 aliphatic heterocycles. The number of rotatable bonds is 8. The number of carbonyl (C=O) groups excluding carboxylic acids is 1. The zero-order valence-electron chi connectivity index (χ0n) is 17.9. The molecule has 1 aromatic heterocycles. The normalized spacial score (nSPS) is 15.8. The van der Waals surface area contributed by atoms with E-state index in [1.54, 1.807) is 35.6 Å². The van der Waals surface area contributed by atoms with Gasteiger partial charge in [0.05, 0.1) is 20.9 Å². The van der Waals surface area contributed by atoms with Crippen LogP contribution in [0.15, 0.2) is 53.4 Å². The van der Waals surface area contributed by atoms with Crippen LogP contribution < -0.4 is 5.32 Å². The molecule has 2 aromatic carbocycles. The predicted octanol–water partition coefficient (Wildman–Crippen LogP) is 3.49. The number of thioether (sulfide) groups is 1. The molecular weight excluding hydrogens is 464 g/mol. The van der Waals surface area contributed by atoms with Gasteiger partial charge in [-0.15, -0.1) is 23.1 Å². The summed E-state index contributed by atoms with van der Waals surface area (Å²) in [5.74, 6) is 0.856. The average molecular weight is 491 g/mol. The second-order valence-electron chi connectivity index (χ2n) is 7.48. The summed E-state index contributed by atoms with van der Waals surface area (Å²) < 4.78 is 28.4. The van der Waals surface area contributed by atoms with Crippen LogP contribution in [0.2, 0.25) is 0 Å².